The highest BCUT2D eigenvalue weighted by Gasteiger charge is 2.16. The molecule has 2 aromatic heterocycles. The molecular weight excluding hydrogens is 392 g/mol. The second kappa shape index (κ2) is 10.5. The average molecular weight is 419 g/mol. The molecule has 3 aromatic rings. The summed E-state index contributed by atoms with van der Waals surface area (Å²) in [4.78, 5) is 15.7. The van der Waals surface area contributed by atoms with Gasteiger partial charge in [-0.1, -0.05) is 18.2 Å². The van der Waals surface area contributed by atoms with Gasteiger partial charge in [-0.3, -0.25) is 10.4 Å². The Hall–Kier alpha value is -3.52. The van der Waals surface area contributed by atoms with E-state index < -0.39 is 0 Å². The van der Waals surface area contributed by atoms with Crippen molar-refractivity contribution < 1.29 is 9.47 Å². The van der Waals surface area contributed by atoms with Crippen molar-refractivity contribution >= 4 is 17.9 Å². The lowest BCUT2D eigenvalue weighted by molar-refractivity contribution is 0.122. The molecule has 0 amide bonds. The van der Waals surface area contributed by atoms with Crippen LogP contribution in [0.5, 0.6) is 5.88 Å². The molecule has 0 radical (unpaired) electrons. The summed E-state index contributed by atoms with van der Waals surface area (Å²) in [5, 5.41) is 4.33. The van der Waals surface area contributed by atoms with Gasteiger partial charge < -0.3 is 14.4 Å². The second-order valence-electron chi connectivity index (χ2n) is 7.19. The number of anilines is 2. The summed E-state index contributed by atoms with van der Waals surface area (Å²) in [5.74, 6) is 1.14. The Morgan fingerprint density at radius 1 is 1.13 bits per heavy atom. The third-order valence-corrected chi connectivity index (χ3v) is 4.75. The van der Waals surface area contributed by atoms with Crippen molar-refractivity contribution in [1.29, 1.82) is 0 Å². The van der Waals surface area contributed by atoms with Gasteiger partial charge in [-0.25, -0.2) is 4.98 Å². The SMILES string of the molecule is Cc1cccc(N/N=C/c2cc(OCCc3ccccn3)nc(N3CCOCC3)n2)c1. The molecule has 1 N–H and O–H groups in total. The molecule has 0 aliphatic carbocycles. The van der Waals surface area contributed by atoms with Crippen molar-refractivity contribution in [1.82, 2.24) is 15.0 Å². The third kappa shape index (κ3) is 6.23. The fraction of sp³-hybridized carbons (Fsp3) is 0.304. The predicted molar refractivity (Wildman–Crippen MR) is 121 cm³/mol. The van der Waals surface area contributed by atoms with Crippen molar-refractivity contribution in [2.75, 3.05) is 43.2 Å². The van der Waals surface area contributed by atoms with E-state index in [-0.39, 0.29) is 0 Å². The van der Waals surface area contributed by atoms with Crippen molar-refractivity contribution in [3.05, 3.63) is 71.7 Å². The number of aryl methyl sites for hydroxylation is 1. The van der Waals surface area contributed by atoms with E-state index in [9.17, 15) is 0 Å². The number of nitrogens with one attached hydrogen (secondary N) is 1. The van der Waals surface area contributed by atoms with Gasteiger partial charge in [-0.15, -0.1) is 0 Å². The van der Waals surface area contributed by atoms with Crippen LogP contribution in [-0.4, -0.2) is 54.1 Å². The molecule has 0 unspecified atom stereocenters. The Bertz CT molecular complexity index is 1010. The van der Waals surface area contributed by atoms with Gasteiger partial charge in [-0.05, 0) is 36.8 Å². The Labute approximate surface area is 182 Å². The van der Waals surface area contributed by atoms with Crippen molar-refractivity contribution in [3.8, 4) is 5.88 Å². The zero-order valence-corrected chi connectivity index (χ0v) is 17.6. The highest BCUT2D eigenvalue weighted by Crippen LogP contribution is 2.17. The fourth-order valence-electron chi connectivity index (χ4n) is 3.17. The molecule has 1 aliphatic rings. The van der Waals surface area contributed by atoms with Crippen LogP contribution < -0.4 is 15.1 Å². The molecule has 8 heteroatoms. The maximum Gasteiger partial charge on any atom is 0.229 e. The van der Waals surface area contributed by atoms with Crippen LogP contribution in [0.1, 0.15) is 17.0 Å². The van der Waals surface area contributed by atoms with Gasteiger partial charge in [0.2, 0.25) is 11.8 Å². The molecule has 1 aromatic carbocycles. The molecule has 0 atom stereocenters. The average Bonchev–Trinajstić information content (AvgIpc) is 2.80. The first kappa shape index (κ1) is 20.7. The zero-order chi connectivity index (χ0) is 21.3. The van der Waals surface area contributed by atoms with Crippen LogP contribution in [0.15, 0.2) is 59.8 Å². The topological polar surface area (TPSA) is 84.8 Å². The van der Waals surface area contributed by atoms with Crippen LogP contribution in [0.4, 0.5) is 11.6 Å². The summed E-state index contributed by atoms with van der Waals surface area (Å²) in [5.41, 5.74) is 6.78. The molecular formula is C23H26N6O2. The third-order valence-electron chi connectivity index (χ3n) is 4.75. The van der Waals surface area contributed by atoms with Gasteiger partial charge in [0.15, 0.2) is 0 Å². The maximum atomic E-state index is 5.93. The normalized spacial score (nSPS) is 14.0. The highest BCUT2D eigenvalue weighted by atomic mass is 16.5. The second-order valence-corrected chi connectivity index (χ2v) is 7.19. The van der Waals surface area contributed by atoms with E-state index in [0.29, 0.717) is 43.8 Å². The van der Waals surface area contributed by atoms with Crippen LogP contribution in [0.3, 0.4) is 0 Å². The number of hydrazone groups is 1. The number of hydrogen-bond donors (Lipinski definition) is 1. The zero-order valence-electron chi connectivity index (χ0n) is 17.6. The molecule has 0 spiro atoms. The van der Waals surface area contributed by atoms with Gasteiger partial charge in [0.05, 0.1) is 37.4 Å². The lowest BCUT2D eigenvalue weighted by Crippen LogP contribution is -2.37. The predicted octanol–water partition coefficient (Wildman–Crippen LogP) is 3.08. The summed E-state index contributed by atoms with van der Waals surface area (Å²) in [6.07, 6.45) is 4.17. The largest absolute Gasteiger partial charge is 0.477 e. The van der Waals surface area contributed by atoms with Crippen LogP contribution in [0.2, 0.25) is 0 Å². The molecule has 8 nitrogen and oxygen atoms in total. The number of benzene rings is 1. The van der Waals surface area contributed by atoms with Crippen molar-refractivity contribution in [3.63, 3.8) is 0 Å². The number of morpholine rings is 1. The number of nitrogens with zero attached hydrogens (tertiary/aromatic N) is 5. The van der Waals surface area contributed by atoms with E-state index in [2.05, 4.69) is 30.4 Å². The van der Waals surface area contributed by atoms with Gasteiger partial charge in [0.25, 0.3) is 0 Å². The van der Waals surface area contributed by atoms with Crippen molar-refractivity contribution in [2.45, 2.75) is 13.3 Å². The summed E-state index contributed by atoms with van der Waals surface area (Å²) in [6.45, 7) is 5.33. The number of hydrogen-bond acceptors (Lipinski definition) is 8. The van der Waals surface area contributed by atoms with Gasteiger partial charge >= 0.3 is 0 Å². The monoisotopic (exact) mass is 418 g/mol. The number of ether oxygens (including phenoxy) is 2. The minimum absolute atomic E-state index is 0.481. The first-order valence-electron chi connectivity index (χ1n) is 10.4. The smallest absolute Gasteiger partial charge is 0.229 e. The first-order valence-corrected chi connectivity index (χ1v) is 10.4. The molecule has 0 bridgehead atoms. The molecule has 4 rings (SSSR count). The Morgan fingerprint density at radius 3 is 2.84 bits per heavy atom. The minimum atomic E-state index is 0.481. The van der Waals surface area contributed by atoms with Crippen LogP contribution in [0.25, 0.3) is 0 Å². The lowest BCUT2D eigenvalue weighted by atomic mass is 10.2. The van der Waals surface area contributed by atoms with E-state index in [1.807, 2.05) is 49.4 Å². The summed E-state index contributed by atoms with van der Waals surface area (Å²) in [7, 11) is 0. The maximum absolute atomic E-state index is 5.93. The number of aromatic nitrogens is 3. The standard InChI is InChI=1S/C23H26N6O2/c1-18-5-4-7-20(15-18)28-25-17-21-16-22(31-12-8-19-6-2-3-9-24-19)27-23(26-21)29-10-13-30-14-11-29/h2-7,9,15-17,28H,8,10-14H2,1H3/b25-17+. The molecule has 3 heterocycles. The van der Waals surface area contributed by atoms with E-state index in [0.717, 1.165) is 24.5 Å². The molecule has 160 valence electrons. The molecule has 1 saturated heterocycles. The van der Waals surface area contributed by atoms with Crippen molar-refractivity contribution in [2.24, 2.45) is 5.10 Å². The minimum Gasteiger partial charge on any atom is -0.477 e. The first-order chi connectivity index (χ1) is 15.3. The molecule has 1 aliphatic heterocycles. The van der Waals surface area contributed by atoms with Gasteiger partial charge in [0.1, 0.15) is 0 Å². The Kier molecular flexibility index (Phi) is 7.02. The summed E-state index contributed by atoms with van der Waals surface area (Å²) >= 11 is 0. The Balaban J connectivity index is 1.47. The molecule has 0 saturated carbocycles. The Morgan fingerprint density at radius 2 is 2.03 bits per heavy atom. The summed E-state index contributed by atoms with van der Waals surface area (Å²) in [6, 6.07) is 15.7. The van der Waals surface area contributed by atoms with Gasteiger partial charge in [0, 0.05) is 37.5 Å². The lowest BCUT2D eigenvalue weighted by Gasteiger charge is -2.27. The van der Waals surface area contributed by atoms with Crippen LogP contribution in [-0.2, 0) is 11.2 Å². The highest BCUT2D eigenvalue weighted by molar-refractivity contribution is 5.78. The van der Waals surface area contributed by atoms with Gasteiger partial charge in [-0.2, -0.15) is 10.1 Å². The molecule has 31 heavy (non-hydrogen) atoms. The van der Waals surface area contributed by atoms with E-state index in [1.165, 1.54) is 5.56 Å². The summed E-state index contributed by atoms with van der Waals surface area (Å²) < 4.78 is 11.4. The van der Waals surface area contributed by atoms with E-state index >= 15 is 0 Å². The quantitative estimate of drug-likeness (QED) is 0.444. The number of rotatable bonds is 8. The molecule has 1 fully saturated rings. The van der Waals surface area contributed by atoms with E-state index in [1.54, 1.807) is 18.5 Å². The van der Waals surface area contributed by atoms with E-state index in [4.69, 9.17) is 9.47 Å². The van der Waals surface area contributed by atoms with Crippen LogP contribution >= 0.6 is 0 Å². The van der Waals surface area contributed by atoms with Crippen LogP contribution in [0, 0.1) is 6.92 Å². The number of pyridine rings is 1. The fourth-order valence-corrected chi connectivity index (χ4v) is 3.17.